The Morgan fingerprint density at radius 3 is 2.82 bits per heavy atom. The van der Waals surface area contributed by atoms with Crippen molar-refractivity contribution in [3.8, 4) is 0 Å². The number of allylic oxidation sites excluding steroid dienone is 1. The fourth-order valence-electron chi connectivity index (χ4n) is 1.74. The van der Waals surface area contributed by atoms with Crippen LogP contribution >= 0.6 is 0 Å². The van der Waals surface area contributed by atoms with Gasteiger partial charge in [-0.25, -0.2) is 4.98 Å². The molecule has 1 aromatic carbocycles. The number of fused-ring (bicyclic) bond motifs is 1. The van der Waals surface area contributed by atoms with Crippen LogP contribution in [0.4, 0.5) is 0 Å². The van der Waals surface area contributed by atoms with Crippen molar-refractivity contribution in [3.63, 3.8) is 0 Å². The lowest BCUT2D eigenvalue weighted by atomic mass is 10.1. The topological polar surface area (TPSA) is 46.0 Å². The summed E-state index contributed by atoms with van der Waals surface area (Å²) >= 11 is 0. The second kappa shape index (κ2) is 5.55. The molecule has 1 atom stereocenters. The van der Waals surface area contributed by atoms with E-state index in [1.807, 2.05) is 30.3 Å². The SMILES string of the molecule is C=CCCCC(O)c1cnc2ccccc2n1. The fourth-order valence-corrected chi connectivity index (χ4v) is 1.74. The Morgan fingerprint density at radius 1 is 1.29 bits per heavy atom. The molecule has 2 rings (SSSR count). The van der Waals surface area contributed by atoms with E-state index in [-0.39, 0.29) is 0 Å². The van der Waals surface area contributed by atoms with Gasteiger partial charge in [0.1, 0.15) is 0 Å². The molecule has 0 fully saturated rings. The average molecular weight is 228 g/mol. The predicted molar refractivity (Wildman–Crippen MR) is 68.5 cm³/mol. The molecule has 0 saturated carbocycles. The van der Waals surface area contributed by atoms with Gasteiger partial charge < -0.3 is 5.11 Å². The number of aliphatic hydroxyl groups is 1. The molecule has 0 saturated heterocycles. The van der Waals surface area contributed by atoms with Gasteiger partial charge in [0, 0.05) is 0 Å². The standard InChI is InChI=1S/C14H16N2O/c1-2-3-4-9-14(17)13-10-15-11-7-5-6-8-12(11)16-13/h2,5-8,10,14,17H,1,3-4,9H2. The minimum Gasteiger partial charge on any atom is -0.387 e. The van der Waals surface area contributed by atoms with Crippen molar-refractivity contribution in [2.45, 2.75) is 25.4 Å². The zero-order chi connectivity index (χ0) is 12.1. The van der Waals surface area contributed by atoms with Gasteiger partial charge in [-0.3, -0.25) is 4.98 Å². The molecule has 17 heavy (non-hydrogen) atoms. The van der Waals surface area contributed by atoms with Crippen LogP contribution in [0, 0.1) is 0 Å². The summed E-state index contributed by atoms with van der Waals surface area (Å²) in [5, 5.41) is 9.97. The monoisotopic (exact) mass is 228 g/mol. The van der Waals surface area contributed by atoms with E-state index in [9.17, 15) is 5.11 Å². The van der Waals surface area contributed by atoms with E-state index in [1.165, 1.54) is 0 Å². The number of hydrogen-bond donors (Lipinski definition) is 1. The molecule has 0 aliphatic rings. The molecule has 0 amide bonds. The Bertz CT molecular complexity index is 510. The number of hydrogen-bond acceptors (Lipinski definition) is 3. The van der Waals surface area contributed by atoms with Crippen LogP contribution in [0.5, 0.6) is 0 Å². The van der Waals surface area contributed by atoms with Crippen molar-refractivity contribution in [2.75, 3.05) is 0 Å². The normalized spacial score (nSPS) is 12.5. The van der Waals surface area contributed by atoms with E-state index in [2.05, 4.69) is 16.5 Å². The van der Waals surface area contributed by atoms with Gasteiger partial charge >= 0.3 is 0 Å². The highest BCUT2D eigenvalue weighted by molar-refractivity contribution is 5.73. The van der Waals surface area contributed by atoms with Crippen LogP contribution in [0.1, 0.15) is 31.1 Å². The minimum absolute atomic E-state index is 0.535. The first-order valence-electron chi connectivity index (χ1n) is 5.82. The largest absolute Gasteiger partial charge is 0.387 e. The minimum atomic E-state index is -0.535. The van der Waals surface area contributed by atoms with Crippen LogP contribution in [0.15, 0.2) is 43.1 Å². The lowest BCUT2D eigenvalue weighted by Crippen LogP contribution is -2.01. The molecule has 0 aliphatic carbocycles. The Labute approximate surface area is 101 Å². The number of rotatable bonds is 5. The summed E-state index contributed by atoms with van der Waals surface area (Å²) in [6, 6.07) is 7.67. The van der Waals surface area contributed by atoms with Crippen LogP contribution in [0.25, 0.3) is 11.0 Å². The van der Waals surface area contributed by atoms with Crippen molar-refractivity contribution >= 4 is 11.0 Å². The molecule has 1 N–H and O–H groups in total. The highest BCUT2D eigenvalue weighted by Crippen LogP contribution is 2.18. The highest BCUT2D eigenvalue weighted by Gasteiger charge is 2.09. The van der Waals surface area contributed by atoms with Crippen molar-refractivity contribution in [3.05, 3.63) is 48.8 Å². The summed E-state index contributed by atoms with van der Waals surface area (Å²) in [6.45, 7) is 3.66. The highest BCUT2D eigenvalue weighted by atomic mass is 16.3. The quantitative estimate of drug-likeness (QED) is 0.632. The third-order valence-electron chi connectivity index (χ3n) is 2.69. The number of para-hydroxylation sites is 2. The molecule has 88 valence electrons. The van der Waals surface area contributed by atoms with Gasteiger partial charge in [-0.1, -0.05) is 18.2 Å². The van der Waals surface area contributed by atoms with Crippen LogP contribution in [0.3, 0.4) is 0 Å². The van der Waals surface area contributed by atoms with Crippen molar-refractivity contribution in [1.29, 1.82) is 0 Å². The number of nitrogens with zero attached hydrogens (tertiary/aromatic N) is 2. The lowest BCUT2D eigenvalue weighted by molar-refractivity contribution is 0.160. The van der Waals surface area contributed by atoms with Crippen LogP contribution in [-0.2, 0) is 0 Å². The molecule has 3 heteroatoms. The molecule has 1 unspecified atom stereocenters. The Balaban J connectivity index is 2.15. The van der Waals surface area contributed by atoms with Gasteiger partial charge in [-0.05, 0) is 31.4 Å². The van der Waals surface area contributed by atoms with Gasteiger partial charge in [0.15, 0.2) is 0 Å². The van der Waals surface area contributed by atoms with Crippen molar-refractivity contribution in [2.24, 2.45) is 0 Å². The zero-order valence-electron chi connectivity index (χ0n) is 9.71. The predicted octanol–water partition coefficient (Wildman–Crippen LogP) is 3.02. The van der Waals surface area contributed by atoms with Gasteiger partial charge in [-0.2, -0.15) is 0 Å². The maximum absolute atomic E-state index is 9.97. The third-order valence-corrected chi connectivity index (χ3v) is 2.69. The van der Waals surface area contributed by atoms with Crippen LogP contribution in [-0.4, -0.2) is 15.1 Å². The Kier molecular flexibility index (Phi) is 3.83. The molecule has 0 spiro atoms. The molecule has 1 aromatic heterocycles. The number of benzene rings is 1. The van der Waals surface area contributed by atoms with E-state index in [4.69, 9.17) is 0 Å². The van der Waals surface area contributed by atoms with Gasteiger partial charge in [0.25, 0.3) is 0 Å². The Morgan fingerprint density at radius 2 is 2.06 bits per heavy atom. The second-order valence-electron chi connectivity index (χ2n) is 4.02. The smallest absolute Gasteiger partial charge is 0.0975 e. The van der Waals surface area contributed by atoms with E-state index in [1.54, 1.807) is 6.20 Å². The summed E-state index contributed by atoms with van der Waals surface area (Å²) in [5.41, 5.74) is 2.33. The van der Waals surface area contributed by atoms with Crippen molar-refractivity contribution < 1.29 is 5.11 Å². The molecular formula is C14H16N2O. The molecule has 0 aliphatic heterocycles. The number of unbranched alkanes of at least 4 members (excludes halogenated alkanes) is 1. The number of aromatic nitrogens is 2. The first kappa shape index (κ1) is 11.7. The van der Waals surface area contributed by atoms with E-state index in [0.29, 0.717) is 12.1 Å². The van der Waals surface area contributed by atoms with Crippen LogP contribution in [0.2, 0.25) is 0 Å². The van der Waals surface area contributed by atoms with Crippen LogP contribution < -0.4 is 0 Å². The molecule has 0 bridgehead atoms. The molecule has 1 heterocycles. The van der Waals surface area contributed by atoms with Gasteiger partial charge in [0.2, 0.25) is 0 Å². The van der Waals surface area contributed by atoms with Gasteiger partial charge in [-0.15, -0.1) is 6.58 Å². The second-order valence-corrected chi connectivity index (χ2v) is 4.02. The van der Waals surface area contributed by atoms with E-state index < -0.39 is 6.10 Å². The average Bonchev–Trinajstić information content (AvgIpc) is 2.38. The zero-order valence-corrected chi connectivity index (χ0v) is 9.71. The molecule has 2 aromatic rings. The fraction of sp³-hybridized carbons (Fsp3) is 0.286. The van der Waals surface area contributed by atoms with E-state index >= 15 is 0 Å². The van der Waals surface area contributed by atoms with Crippen molar-refractivity contribution in [1.82, 2.24) is 9.97 Å². The summed E-state index contributed by atoms with van der Waals surface area (Å²) in [5.74, 6) is 0. The molecular weight excluding hydrogens is 212 g/mol. The Hall–Kier alpha value is -1.74. The number of aliphatic hydroxyl groups excluding tert-OH is 1. The first-order chi connectivity index (χ1) is 8.31. The van der Waals surface area contributed by atoms with Gasteiger partial charge in [0.05, 0.1) is 29.0 Å². The first-order valence-corrected chi connectivity index (χ1v) is 5.82. The summed E-state index contributed by atoms with van der Waals surface area (Å²) in [4.78, 5) is 8.70. The summed E-state index contributed by atoms with van der Waals surface area (Å²) in [6.07, 6.45) is 5.50. The van der Waals surface area contributed by atoms with E-state index in [0.717, 1.165) is 23.9 Å². The maximum Gasteiger partial charge on any atom is 0.0975 e. The maximum atomic E-state index is 9.97. The lowest BCUT2D eigenvalue weighted by Gasteiger charge is -2.09. The summed E-state index contributed by atoms with van der Waals surface area (Å²) < 4.78 is 0. The molecule has 3 nitrogen and oxygen atoms in total. The summed E-state index contributed by atoms with van der Waals surface area (Å²) in [7, 11) is 0. The third kappa shape index (κ3) is 2.88. The molecule has 0 radical (unpaired) electrons.